The molecule has 0 aliphatic heterocycles. The number of nitrogens with two attached hydrogens (primary N) is 1. The van der Waals surface area contributed by atoms with E-state index >= 15 is 0 Å². The van der Waals surface area contributed by atoms with Crippen molar-refractivity contribution in [2.45, 2.75) is 32.2 Å². The average Bonchev–Trinajstić information content (AvgIpc) is 2.61. The first kappa shape index (κ1) is 21.2. The van der Waals surface area contributed by atoms with Crippen LogP contribution in [0.15, 0.2) is 42.5 Å². The molecule has 0 fully saturated rings. The maximum atomic E-state index is 14.3. The van der Waals surface area contributed by atoms with Crippen LogP contribution < -0.4 is 10.5 Å². The summed E-state index contributed by atoms with van der Waals surface area (Å²) >= 11 is 0. The van der Waals surface area contributed by atoms with Crippen molar-refractivity contribution in [3.63, 3.8) is 0 Å². The Morgan fingerprint density at radius 2 is 1.85 bits per heavy atom. The Bertz CT molecular complexity index is 749. The van der Waals surface area contributed by atoms with E-state index in [0.29, 0.717) is 24.2 Å². The van der Waals surface area contributed by atoms with Gasteiger partial charge in [-0.3, -0.25) is 0 Å². The number of alkyl halides is 3. The zero-order valence-electron chi connectivity index (χ0n) is 15.2. The topological polar surface area (TPSA) is 44.5 Å². The first-order valence-electron chi connectivity index (χ1n) is 8.52. The fraction of sp³-hybridized carbons (Fsp3) is 0.400. The van der Waals surface area contributed by atoms with Crippen molar-refractivity contribution < 1.29 is 27.0 Å². The highest BCUT2D eigenvalue weighted by Gasteiger charge is 2.30. The second-order valence-corrected chi connectivity index (χ2v) is 6.54. The molecule has 2 N–H and O–H groups in total. The summed E-state index contributed by atoms with van der Waals surface area (Å²) in [6.07, 6.45) is -4.06. The van der Waals surface area contributed by atoms with E-state index in [1.54, 1.807) is 19.2 Å². The molecule has 148 valence electrons. The Kier molecular flexibility index (Phi) is 7.21. The fourth-order valence-electron chi connectivity index (χ4n) is 2.63. The molecule has 0 aliphatic carbocycles. The number of rotatable bonds is 8. The Morgan fingerprint density at radius 3 is 2.48 bits per heavy atom. The van der Waals surface area contributed by atoms with E-state index in [2.05, 4.69) is 0 Å². The number of hydrogen-bond acceptors (Lipinski definition) is 3. The van der Waals surface area contributed by atoms with Crippen LogP contribution in [0.3, 0.4) is 0 Å². The molecule has 0 heterocycles. The van der Waals surface area contributed by atoms with E-state index in [9.17, 15) is 17.6 Å². The van der Waals surface area contributed by atoms with Gasteiger partial charge in [-0.1, -0.05) is 25.1 Å². The molecular formula is C20H23F4NO2. The molecule has 2 atom stereocenters. The first-order chi connectivity index (χ1) is 12.7. The Hall–Kier alpha value is -2.12. The third-order valence-corrected chi connectivity index (χ3v) is 4.30. The van der Waals surface area contributed by atoms with Crippen molar-refractivity contribution in [3.05, 3.63) is 65.0 Å². The predicted molar refractivity (Wildman–Crippen MR) is 94.9 cm³/mol. The molecule has 0 bridgehead atoms. The summed E-state index contributed by atoms with van der Waals surface area (Å²) in [4.78, 5) is 0. The van der Waals surface area contributed by atoms with Crippen molar-refractivity contribution in [1.29, 1.82) is 0 Å². The lowest BCUT2D eigenvalue weighted by molar-refractivity contribution is -0.137. The van der Waals surface area contributed by atoms with Crippen LogP contribution in [0.5, 0.6) is 5.75 Å². The summed E-state index contributed by atoms with van der Waals surface area (Å²) < 4.78 is 63.0. The van der Waals surface area contributed by atoms with Crippen LogP contribution in [0.4, 0.5) is 17.6 Å². The highest BCUT2D eigenvalue weighted by molar-refractivity contribution is 5.31. The molecule has 0 aromatic heterocycles. The second-order valence-electron chi connectivity index (χ2n) is 6.54. The number of methoxy groups -OCH3 is 1. The summed E-state index contributed by atoms with van der Waals surface area (Å²) in [5.74, 6) is -0.144. The largest absolute Gasteiger partial charge is 0.489 e. The normalized spacial score (nSPS) is 14.0. The van der Waals surface area contributed by atoms with E-state index in [4.69, 9.17) is 15.2 Å². The van der Waals surface area contributed by atoms with Crippen molar-refractivity contribution >= 4 is 0 Å². The van der Waals surface area contributed by atoms with Gasteiger partial charge >= 0.3 is 6.18 Å². The maximum Gasteiger partial charge on any atom is 0.416 e. The van der Waals surface area contributed by atoms with Crippen molar-refractivity contribution in [2.24, 2.45) is 11.7 Å². The first-order valence-corrected chi connectivity index (χ1v) is 8.52. The quantitative estimate of drug-likeness (QED) is 0.677. The number of ether oxygens (including phenoxy) is 2. The third-order valence-electron chi connectivity index (χ3n) is 4.30. The molecule has 0 radical (unpaired) electrons. The molecule has 0 spiro atoms. The van der Waals surface area contributed by atoms with Crippen LogP contribution in [-0.2, 0) is 23.9 Å². The molecule has 2 rings (SSSR count). The van der Waals surface area contributed by atoms with Crippen LogP contribution in [0, 0.1) is 11.7 Å². The lowest BCUT2D eigenvalue weighted by Gasteiger charge is -2.19. The molecule has 0 amide bonds. The Morgan fingerprint density at radius 1 is 1.11 bits per heavy atom. The average molecular weight is 385 g/mol. The monoisotopic (exact) mass is 385 g/mol. The number of benzene rings is 2. The van der Waals surface area contributed by atoms with Crippen molar-refractivity contribution in [2.75, 3.05) is 13.7 Å². The van der Waals surface area contributed by atoms with Gasteiger partial charge < -0.3 is 15.2 Å². The van der Waals surface area contributed by atoms with Crippen LogP contribution in [0.25, 0.3) is 0 Å². The lowest BCUT2D eigenvalue weighted by atomic mass is 9.96. The van der Waals surface area contributed by atoms with Crippen LogP contribution in [0.2, 0.25) is 0 Å². The van der Waals surface area contributed by atoms with Gasteiger partial charge in [0.1, 0.15) is 18.2 Å². The zero-order valence-corrected chi connectivity index (χ0v) is 15.2. The standard InChI is InChI=1S/C20H23F4NO2/c1-13(11-26-2)19(25)9-15-6-7-17(10-18(15)21)27-12-14-4-3-5-16(8-14)20(22,23)24/h3-8,10,13,19H,9,11-12,25H2,1-2H3/t13?,19-/m1/s1. The smallest absolute Gasteiger partial charge is 0.416 e. The summed E-state index contributed by atoms with van der Waals surface area (Å²) in [6.45, 7) is 2.33. The molecule has 1 unspecified atom stereocenters. The molecule has 0 saturated heterocycles. The van der Waals surface area contributed by atoms with Gasteiger partial charge in [0.25, 0.3) is 0 Å². The molecule has 2 aromatic rings. The lowest BCUT2D eigenvalue weighted by Crippen LogP contribution is -2.33. The zero-order chi connectivity index (χ0) is 20.0. The van der Waals surface area contributed by atoms with Crippen LogP contribution >= 0.6 is 0 Å². The Labute approximate surface area is 156 Å². The molecular weight excluding hydrogens is 362 g/mol. The number of halogens is 4. The van der Waals surface area contributed by atoms with E-state index in [0.717, 1.165) is 12.1 Å². The second kappa shape index (κ2) is 9.19. The van der Waals surface area contributed by atoms with Gasteiger partial charge in [-0.05, 0) is 41.7 Å². The van der Waals surface area contributed by atoms with Gasteiger partial charge in [0.2, 0.25) is 0 Å². The molecule has 3 nitrogen and oxygen atoms in total. The van der Waals surface area contributed by atoms with Crippen LogP contribution in [-0.4, -0.2) is 19.8 Å². The van der Waals surface area contributed by atoms with E-state index in [-0.39, 0.29) is 24.3 Å². The fourth-order valence-corrected chi connectivity index (χ4v) is 2.63. The number of hydrogen-bond donors (Lipinski definition) is 1. The van der Waals surface area contributed by atoms with E-state index in [1.165, 1.54) is 18.2 Å². The van der Waals surface area contributed by atoms with Gasteiger partial charge in [0, 0.05) is 19.2 Å². The summed E-state index contributed by atoms with van der Waals surface area (Å²) in [5.41, 5.74) is 6.12. The van der Waals surface area contributed by atoms with Crippen molar-refractivity contribution in [3.8, 4) is 5.75 Å². The minimum atomic E-state index is -4.41. The van der Waals surface area contributed by atoms with Gasteiger partial charge in [-0.25, -0.2) is 4.39 Å². The van der Waals surface area contributed by atoms with E-state index in [1.807, 2.05) is 6.92 Å². The SMILES string of the molecule is COCC(C)[C@H](N)Cc1ccc(OCc2cccc(C(F)(F)F)c2)cc1F. The summed E-state index contributed by atoms with van der Waals surface area (Å²) in [5, 5.41) is 0. The van der Waals surface area contributed by atoms with Gasteiger partial charge in [-0.2, -0.15) is 13.2 Å². The van der Waals surface area contributed by atoms with E-state index < -0.39 is 17.6 Å². The highest BCUT2D eigenvalue weighted by atomic mass is 19.4. The Balaban J connectivity index is 2.00. The minimum Gasteiger partial charge on any atom is -0.489 e. The summed E-state index contributed by atoms with van der Waals surface area (Å²) in [7, 11) is 1.58. The van der Waals surface area contributed by atoms with Crippen LogP contribution in [0.1, 0.15) is 23.6 Å². The maximum absolute atomic E-state index is 14.3. The minimum absolute atomic E-state index is 0.0752. The van der Waals surface area contributed by atoms with Gasteiger partial charge in [0.15, 0.2) is 0 Å². The molecule has 2 aromatic carbocycles. The highest BCUT2D eigenvalue weighted by Crippen LogP contribution is 2.30. The third kappa shape index (κ3) is 6.22. The molecule has 0 saturated carbocycles. The molecule has 0 aliphatic rings. The van der Waals surface area contributed by atoms with Gasteiger partial charge in [0.05, 0.1) is 12.2 Å². The van der Waals surface area contributed by atoms with Gasteiger partial charge in [-0.15, -0.1) is 0 Å². The van der Waals surface area contributed by atoms with Crippen molar-refractivity contribution in [1.82, 2.24) is 0 Å². The molecule has 7 heteroatoms. The molecule has 27 heavy (non-hydrogen) atoms. The predicted octanol–water partition coefficient (Wildman–Crippen LogP) is 4.58. The summed E-state index contributed by atoms with van der Waals surface area (Å²) in [6, 6.07) is 8.97.